The normalized spacial score (nSPS) is 16.9. The molecule has 1 saturated heterocycles. The van der Waals surface area contributed by atoms with Gasteiger partial charge in [0.05, 0.1) is 25.5 Å². The summed E-state index contributed by atoms with van der Waals surface area (Å²) in [4.78, 5) is 1.74. The Labute approximate surface area is 113 Å². The zero-order valence-corrected chi connectivity index (χ0v) is 11.9. The van der Waals surface area contributed by atoms with Gasteiger partial charge in [0, 0.05) is 19.3 Å². The highest BCUT2D eigenvalue weighted by Gasteiger charge is 2.33. The summed E-state index contributed by atoms with van der Waals surface area (Å²) in [5.74, 6) is -2.75. The number of ether oxygens (including phenoxy) is 1. The Kier molecular flexibility index (Phi) is 6.37. The number of hydrogen-bond acceptors (Lipinski definition) is 3. The average molecular weight is 275 g/mol. The number of halogens is 2. The van der Waals surface area contributed by atoms with Gasteiger partial charge in [-0.05, 0) is 13.0 Å². The highest BCUT2D eigenvalue weighted by molar-refractivity contribution is 4.95. The van der Waals surface area contributed by atoms with Crippen molar-refractivity contribution in [2.45, 2.75) is 33.2 Å². The molecule has 0 unspecified atom stereocenters. The number of aryl methyl sites for hydroxylation is 1. The lowest BCUT2D eigenvalue weighted by Crippen LogP contribution is -2.45. The lowest BCUT2D eigenvalue weighted by Gasteiger charge is -2.30. The highest BCUT2D eigenvalue weighted by atomic mass is 19.3. The van der Waals surface area contributed by atoms with Crippen LogP contribution in [0.15, 0.2) is 12.3 Å². The molecule has 0 atom stereocenters. The molecule has 2 heterocycles. The minimum atomic E-state index is -2.75. The third-order valence-corrected chi connectivity index (χ3v) is 2.73. The first-order chi connectivity index (χ1) is 9.05. The number of nitrogens with zero attached hydrogens (tertiary/aromatic N) is 3. The summed E-state index contributed by atoms with van der Waals surface area (Å²) in [7, 11) is 0. The second kappa shape index (κ2) is 7.55. The first-order valence-electron chi connectivity index (χ1n) is 6.73. The van der Waals surface area contributed by atoms with E-state index in [0.29, 0.717) is 26.3 Å². The monoisotopic (exact) mass is 275 g/mol. The second-order valence-electron chi connectivity index (χ2n) is 4.40. The van der Waals surface area contributed by atoms with Gasteiger partial charge < -0.3 is 4.74 Å². The molecule has 0 aromatic carbocycles. The van der Waals surface area contributed by atoms with Crippen LogP contribution >= 0.6 is 0 Å². The van der Waals surface area contributed by atoms with E-state index >= 15 is 0 Å². The van der Waals surface area contributed by atoms with E-state index in [2.05, 4.69) is 5.10 Å². The Bertz CT molecular complexity index is 363. The summed E-state index contributed by atoms with van der Waals surface area (Å²) >= 11 is 0. The van der Waals surface area contributed by atoms with Crippen LogP contribution in [0.25, 0.3) is 0 Å². The molecular formula is C13H23F2N3O. The van der Waals surface area contributed by atoms with E-state index < -0.39 is 5.92 Å². The van der Waals surface area contributed by atoms with Crippen LogP contribution in [-0.4, -0.2) is 53.5 Å². The number of rotatable bonds is 4. The molecule has 0 saturated carbocycles. The van der Waals surface area contributed by atoms with Gasteiger partial charge in [-0.15, -0.1) is 0 Å². The summed E-state index contributed by atoms with van der Waals surface area (Å²) in [6.07, 6.45) is 1.59. The van der Waals surface area contributed by atoms with Gasteiger partial charge in [0.2, 0.25) is 0 Å². The highest BCUT2D eigenvalue weighted by Crippen LogP contribution is 2.18. The second-order valence-corrected chi connectivity index (χ2v) is 4.40. The maximum absolute atomic E-state index is 13.8. The number of hydrogen-bond donors (Lipinski definition) is 0. The quantitative estimate of drug-likeness (QED) is 0.844. The van der Waals surface area contributed by atoms with Gasteiger partial charge in [0.25, 0.3) is 5.92 Å². The minimum Gasteiger partial charge on any atom is -0.379 e. The molecule has 1 aromatic rings. The number of morpholine rings is 1. The number of aromatic nitrogens is 2. The predicted molar refractivity (Wildman–Crippen MR) is 70.5 cm³/mol. The van der Waals surface area contributed by atoms with Gasteiger partial charge >= 0.3 is 0 Å². The van der Waals surface area contributed by atoms with E-state index in [0.717, 1.165) is 5.69 Å². The van der Waals surface area contributed by atoms with Crippen LogP contribution < -0.4 is 0 Å². The van der Waals surface area contributed by atoms with Crippen molar-refractivity contribution in [3.63, 3.8) is 0 Å². The van der Waals surface area contributed by atoms with E-state index in [9.17, 15) is 8.78 Å². The van der Waals surface area contributed by atoms with Gasteiger partial charge in [-0.1, -0.05) is 13.8 Å². The van der Waals surface area contributed by atoms with Crippen molar-refractivity contribution in [1.29, 1.82) is 0 Å². The molecule has 1 aromatic heterocycles. The smallest absolute Gasteiger partial charge is 0.279 e. The van der Waals surface area contributed by atoms with Crippen LogP contribution in [0.4, 0.5) is 8.78 Å². The Morgan fingerprint density at radius 3 is 2.42 bits per heavy atom. The molecular weight excluding hydrogens is 252 g/mol. The zero-order chi connectivity index (χ0) is 14.3. The Morgan fingerprint density at radius 1 is 1.26 bits per heavy atom. The molecule has 110 valence electrons. The molecule has 0 aliphatic carbocycles. The van der Waals surface area contributed by atoms with Gasteiger partial charge in [-0.3, -0.25) is 9.58 Å². The average Bonchev–Trinajstić information content (AvgIpc) is 2.77. The van der Waals surface area contributed by atoms with E-state index in [1.165, 1.54) is 4.68 Å². The summed E-state index contributed by atoms with van der Waals surface area (Å²) in [5, 5.41) is 3.98. The van der Waals surface area contributed by atoms with Crippen molar-refractivity contribution in [2.24, 2.45) is 0 Å². The van der Waals surface area contributed by atoms with Crippen molar-refractivity contribution < 1.29 is 13.5 Å². The summed E-state index contributed by atoms with van der Waals surface area (Å²) in [6.45, 7) is 7.43. The van der Waals surface area contributed by atoms with E-state index in [1.54, 1.807) is 24.1 Å². The summed E-state index contributed by atoms with van der Waals surface area (Å²) in [6, 6.07) is 1.73. The molecule has 1 aliphatic heterocycles. The van der Waals surface area contributed by atoms with E-state index in [1.807, 2.05) is 13.8 Å². The van der Waals surface area contributed by atoms with Crippen LogP contribution in [0.5, 0.6) is 0 Å². The lowest BCUT2D eigenvalue weighted by atomic mass is 10.3. The summed E-state index contributed by atoms with van der Waals surface area (Å²) in [5.41, 5.74) is 0.757. The largest absolute Gasteiger partial charge is 0.379 e. The maximum atomic E-state index is 13.8. The Hall–Kier alpha value is -1.01. The van der Waals surface area contributed by atoms with E-state index in [4.69, 9.17) is 4.74 Å². The number of alkyl halides is 2. The van der Waals surface area contributed by atoms with Crippen molar-refractivity contribution in [1.82, 2.24) is 14.7 Å². The molecule has 1 fully saturated rings. The molecule has 0 radical (unpaired) electrons. The lowest BCUT2D eigenvalue weighted by molar-refractivity contribution is -0.0689. The molecule has 4 nitrogen and oxygen atoms in total. The minimum absolute atomic E-state index is 0.227. The van der Waals surface area contributed by atoms with Gasteiger partial charge in [0.15, 0.2) is 0 Å². The van der Waals surface area contributed by atoms with Crippen molar-refractivity contribution >= 4 is 0 Å². The molecule has 0 bridgehead atoms. The van der Waals surface area contributed by atoms with Gasteiger partial charge in [-0.2, -0.15) is 5.10 Å². The molecule has 19 heavy (non-hydrogen) atoms. The van der Waals surface area contributed by atoms with Crippen LogP contribution in [0, 0.1) is 6.92 Å². The first-order valence-corrected chi connectivity index (χ1v) is 6.73. The fourth-order valence-corrected chi connectivity index (χ4v) is 1.92. The fourth-order valence-electron chi connectivity index (χ4n) is 1.92. The molecule has 1 aliphatic rings. The van der Waals surface area contributed by atoms with Crippen molar-refractivity contribution in [3.05, 3.63) is 18.0 Å². The van der Waals surface area contributed by atoms with Crippen LogP contribution in [0.3, 0.4) is 0 Å². The molecule has 2 rings (SSSR count). The molecule has 0 spiro atoms. The Balaban J connectivity index is 0.000000861. The topological polar surface area (TPSA) is 30.3 Å². The van der Waals surface area contributed by atoms with E-state index in [-0.39, 0.29) is 13.1 Å². The molecule has 0 amide bonds. The third-order valence-electron chi connectivity index (χ3n) is 2.73. The van der Waals surface area contributed by atoms with Crippen LogP contribution in [0.2, 0.25) is 0 Å². The molecule has 0 N–H and O–H groups in total. The zero-order valence-electron chi connectivity index (χ0n) is 11.9. The van der Waals surface area contributed by atoms with Gasteiger partial charge in [0.1, 0.15) is 6.54 Å². The fraction of sp³-hybridized carbons (Fsp3) is 0.769. The third kappa shape index (κ3) is 5.65. The van der Waals surface area contributed by atoms with Crippen LogP contribution in [0.1, 0.15) is 19.5 Å². The molecule has 6 heteroatoms. The van der Waals surface area contributed by atoms with Crippen molar-refractivity contribution in [2.75, 3.05) is 32.8 Å². The SMILES string of the molecule is CC.Cc1ccn(CC(F)(F)CN2CCOCC2)n1. The standard InChI is InChI=1S/C11H17F2N3O.C2H6/c1-10-2-3-16(14-10)9-11(12,13)8-15-4-6-17-7-5-15;1-2/h2-3H,4-9H2,1H3;1-2H3. The van der Waals surface area contributed by atoms with Crippen LogP contribution in [-0.2, 0) is 11.3 Å². The Morgan fingerprint density at radius 2 is 1.89 bits per heavy atom. The predicted octanol–water partition coefficient (Wildman–Crippen LogP) is 2.19. The van der Waals surface area contributed by atoms with Gasteiger partial charge in [-0.25, -0.2) is 8.78 Å². The van der Waals surface area contributed by atoms with Crippen molar-refractivity contribution in [3.8, 4) is 0 Å². The maximum Gasteiger partial charge on any atom is 0.279 e. The summed E-state index contributed by atoms with van der Waals surface area (Å²) < 4.78 is 34.0. The first kappa shape index (κ1) is 16.0.